The third-order valence-electron chi connectivity index (χ3n) is 6.32. The Morgan fingerprint density at radius 3 is 2.83 bits per heavy atom. The zero-order chi connectivity index (χ0) is 17.5. The molecule has 1 aromatic rings. The summed E-state index contributed by atoms with van der Waals surface area (Å²) in [5.41, 5.74) is 6.85. The Balaban J connectivity index is 1.53. The molecule has 3 aliphatic rings. The molecule has 4 rings (SSSR count). The number of carbonyl (C=O) groups is 1. The Hall–Kier alpha value is -1.36. The van der Waals surface area contributed by atoms with Gasteiger partial charge in [0.2, 0.25) is 5.89 Å². The molecule has 3 aliphatic carbocycles. The quantitative estimate of drug-likeness (QED) is 0.834. The first-order chi connectivity index (χ1) is 11.3. The fourth-order valence-corrected chi connectivity index (χ4v) is 4.69. The molecule has 1 amide bonds. The van der Waals surface area contributed by atoms with Gasteiger partial charge in [0.05, 0.1) is 6.04 Å². The van der Waals surface area contributed by atoms with Gasteiger partial charge in [-0.15, -0.1) is 0 Å². The van der Waals surface area contributed by atoms with Gasteiger partial charge in [-0.05, 0) is 54.8 Å². The van der Waals surface area contributed by atoms with Crippen LogP contribution in [-0.2, 0) is 0 Å². The Labute approximate surface area is 144 Å². The molecule has 0 saturated heterocycles. The van der Waals surface area contributed by atoms with Crippen molar-refractivity contribution in [2.24, 2.45) is 34.8 Å². The molecule has 0 aliphatic heterocycles. The number of nitrogens with zero attached hydrogens (tertiary/aromatic N) is 1. The van der Waals surface area contributed by atoms with Crippen LogP contribution in [0.5, 0.6) is 0 Å². The van der Waals surface area contributed by atoms with Crippen LogP contribution in [0.1, 0.15) is 75.8 Å². The summed E-state index contributed by atoms with van der Waals surface area (Å²) in [7, 11) is 0. The second-order valence-corrected chi connectivity index (χ2v) is 8.71. The number of amides is 1. The summed E-state index contributed by atoms with van der Waals surface area (Å²) < 4.78 is 5.41. The van der Waals surface area contributed by atoms with Gasteiger partial charge in [0.1, 0.15) is 6.26 Å². The SMILES string of the molecule is CC(C)CC(N)c1nc(C(=O)NCC2CCC3CC2C3(C)C)co1. The summed E-state index contributed by atoms with van der Waals surface area (Å²) in [5, 5.41) is 3.05. The van der Waals surface area contributed by atoms with E-state index < -0.39 is 0 Å². The molecule has 1 heterocycles. The van der Waals surface area contributed by atoms with Gasteiger partial charge in [-0.1, -0.05) is 27.7 Å². The van der Waals surface area contributed by atoms with E-state index in [1.807, 2.05) is 0 Å². The second kappa shape index (κ2) is 6.51. The summed E-state index contributed by atoms with van der Waals surface area (Å²) >= 11 is 0. The zero-order valence-electron chi connectivity index (χ0n) is 15.3. The van der Waals surface area contributed by atoms with Crippen molar-refractivity contribution in [2.75, 3.05) is 6.54 Å². The molecule has 5 nitrogen and oxygen atoms in total. The molecule has 134 valence electrons. The van der Waals surface area contributed by atoms with Crippen LogP contribution in [0.4, 0.5) is 0 Å². The lowest BCUT2D eigenvalue weighted by Crippen LogP contribution is -2.54. The molecule has 5 heteroatoms. The van der Waals surface area contributed by atoms with E-state index in [2.05, 4.69) is 38.0 Å². The van der Waals surface area contributed by atoms with E-state index in [0.29, 0.717) is 28.8 Å². The van der Waals surface area contributed by atoms with Crippen LogP contribution in [0, 0.1) is 29.1 Å². The fourth-order valence-electron chi connectivity index (χ4n) is 4.69. The molecule has 3 N–H and O–H groups in total. The molecule has 4 atom stereocenters. The van der Waals surface area contributed by atoms with Crippen LogP contribution in [0.15, 0.2) is 10.7 Å². The van der Waals surface area contributed by atoms with Gasteiger partial charge >= 0.3 is 0 Å². The summed E-state index contributed by atoms with van der Waals surface area (Å²) in [5.74, 6) is 2.98. The third kappa shape index (κ3) is 3.23. The average molecular weight is 333 g/mol. The highest BCUT2D eigenvalue weighted by atomic mass is 16.3. The highest BCUT2D eigenvalue weighted by Gasteiger charge is 2.53. The molecule has 0 aromatic carbocycles. The molecule has 2 bridgehead atoms. The first kappa shape index (κ1) is 17.5. The van der Waals surface area contributed by atoms with Gasteiger partial charge in [0, 0.05) is 6.54 Å². The lowest BCUT2D eigenvalue weighted by molar-refractivity contribution is -0.103. The summed E-state index contributed by atoms with van der Waals surface area (Å²) in [6.45, 7) is 9.69. The standard InChI is InChI=1S/C19H31N3O2/c1-11(2)7-15(20)18-22-16(10-24-18)17(23)21-9-12-5-6-13-8-14(12)19(13,3)4/h10-15H,5-9,20H2,1-4H3,(H,21,23). The van der Waals surface area contributed by atoms with Crippen molar-refractivity contribution >= 4 is 5.91 Å². The van der Waals surface area contributed by atoms with E-state index in [4.69, 9.17) is 10.2 Å². The van der Waals surface area contributed by atoms with Gasteiger partial charge in [-0.2, -0.15) is 0 Å². The van der Waals surface area contributed by atoms with Gasteiger partial charge in [0.15, 0.2) is 5.69 Å². The van der Waals surface area contributed by atoms with E-state index in [1.165, 1.54) is 25.5 Å². The molecule has 3 saturated carbocycles. The lowest BCUT2D eigenvalue weighted by Gasteiger charge is -2.60. The number of fused-ring (bicyclic) bond motifs is 2. The lowest BCUT2D eigenvalue weighted by atomic mass is 9.45. The largest absolute Gasteiger partial charge is 0.446 e. The fraction of sp³-hybridized carbons (Fsp3) is 0.789. The number of hydrogen-bond acceptors (Lipinski definition) is 4. The minimum atomic E-state index is -0.252. The van der Waals surface area contributed by atoms with E-state index >= 15 is 0 Å². The smallest absolute Gasteiger partial charge is 0.273 e. The van der Waals surface area contributed by atoms with Crippen molar-refractivity contribution in [1.82, 2.24) is 10.3 Å². The maximum atomic E-state index is 12.4. The van der Waals surface area contributed by atoms with Crippen molar-refractivity contribution in [2.45, 2.75) is 59.4 Å². The third-order valence-corrected chi connectivity index (χ3v) is 6.32. The first-order valence-corrected chi connectivity index (χ1v) is 9.28. The van der Waals surface area contributed by atoms with Crippen molar-refractivity contribution in [3.8, 4) is 0 Å². The van der Waals surface area contributed by atoms with Crippen molar-refractivity contribution in [1.29, 1.82) is 0 Å². The molecular formula is C19H31N3O2. The maximum Gasteiger partial charge on any atom is 0.273 e. The average Bonchev–Trinajstić information content (AvgIpc) is 3.02. The Morgan fingerprint density at radius 1 is 1.46 bits per heavy atom. The molecule has 4 unspecified atom stereocenters. The van der Waals surface area contributed by atoms with Crippen molar-refractivity contribution in [3.05, 3.63) is 17.8 Å². The second-order valence-electron chi connectivity index (χ2n) is 8.71. The topological polar surface area (TPSA) is 81.1 Å². The highest BCUT2D eigenvalue weighted by Crippen LogP contribution is 2.61. The van der Waals surface area contributed by atoms with Crippen molar-refractivity contribution in [3.63, 3.8) is 0 Å². The Kier molecular flexibility index (Phi) is 4.73. The number of nitrogens with two attached hydrogens (primary N) is 1. The van der Waals surface area contributed by atoms with E-state index in [-0.39, 0.29) is 11.9 Å². The van der Waals surface area contributed by atoms with Crippen LogP contribution < -0.4 is 11.1 Å². The molecular weight excluding hydrogens is 302 g/mol. The normalized spacial score (nSPS) is 29.2. The van der Waals surface area contributed by atoms with Crippen LogP contribution in [-0.4, -0.2) is 17.4 Å². The number of carbonyl (C=O) groups excluding carboxylic acids is 1. The van der Waals surface area contributed by atoms with Crippen LogP contribution in [0.2, 0.25) is 0 Å². The minimum absolute atomic E-state index is 0.152. The molecule has 0 spiro atoms. The first-order valence-electron chi connectivity index (χ1n) is 9.28. The van der Waals surface area contributed by atoms with Crippen LogP contribution in [0.25, 0.3) is 0 Å². The number of nitrogens with one attached hydrogen (secondary N) is 1. The number of hydrogen-bond donors (Lipinski definition) is 2. The number of oxazole rings is 1. The predicted molar refractivity (Wildman–Crippen MR) is 93.3 cm³/mol. The van der Waals surface area contributed by atoms with E-state index in [9.17, 15) is 4.79 Å². The number of aromatic nitrogens is 1. The predicted octanol–water partition coefficient (Wildman–Crippen LogP) is 3.52. The Morgan fingerprint density at radius 2 is 2.21 bits per heavy atom. The van der Waals surface area contributed by atoms with Gasteiger partial charge in [-0.3, -0.25) is 4.79 Å². The molecule has 3 fully saturated rings. The van der Waals surface area contributed by atoms with Gasteiger partial charge in [0.25, 0.3) is 5.91 Å². The Bertz CT molecular complexity index is 591. The highest BCUT2D eigenvalue weighted by molar-refractivity contribution is 5.91. The molecule has 1 aromatic heterocycles. The van der Waals surface area contributed by atoms with E-state index in [1.54, 1.807) is 0 Å². The summed E-state index contributed by atoms with van der Waals surface area (Å²) in [4.78, 5) is 16.6. The van der Waals surface area contributed by atoms with Crippen LogP contribution >= 0.6 is 0 Å². The molecule has 0 radical (unpaired) electrons. The summed E-state index contributed by atoms with van der Waals surface area (Å²) in [6, 6.07) is -0.252. The van der Waals surface area contributed by atoms with Crippen molar-refractivity contribution < 1.29 is 9.21 Å². The number of rotatable bonds is 6. The van der Waals surface area contributed by atoms with E-state index in [0.717, 1.165) is 24.8 Å². The maximum absolute atomic E-state index is 12.4. The van der Waals surface area contributed by atoms with Gasteiger partial charge < -0.3 is 15.5 Å². The monoisotopic (exact) mass is 333 g/mol. The zero-order valence-corrected chi connectivity index (χ0v) is 15.3. The minimum Gasteiger partial charge on any atom is -0.446 e. The summed E-state index contributed by atoms with van der Waals surface area (Å²) in [6.07, 6.45) is 6.06. The van der Waals surface area contributed by atoms with Crippen LogP contribution in [0.3, 0.4) is 0 Å². The van der Waals surface area contributed by atoms with Gasteiger partial charge in [-0.25, -0.2) is 4.98 Å². The molecule has 24 heavy (non-hydrogen) atoms.